The van der Waals surface area contributed by atoms with Crippen LogP contribution in [-0.4, -0.2) is 18.9 Å². The molecule has 0 aliphatic heterocycles. The molecule has 0 heterocycles. The van der Waals surface area contributed by atoms with Crippen molar-refractivity contribution in [1.82, 2.24) is 0 Å². The molecule has 120 valence electrons. The van der Waals surface area contributed by atoms with Gasteiger partial charge in [0, 0.05) is 17.8 Å². The van der Waals surface area contributed by atoms with Crippen LogP contribution in [-0.2, 0) is 4.79 Å². The van der Waals surface area contributed by atoms with E-state index in [1.165, 1.54) is 7.11 Å². The molecule has 0 saturated carbocycles. The highest BCUT2D eigenvalue weighted by Gasteiger charge is 2.14. The first-order valence-corrected chi connectivity index (χ1v) is 7.40. The number of hydrogen-bond acceptors (Lipinski definition) is 3. The van der Waals surface area contributed by atoms with Crippen LogP contribution in [0.4, 0.5) is 11.4 Å². The zero-order chi connectivity index (χ0) is 16.8. The molecule has 2 aromatic rings. The molecule has 5 nitrogen and oxygen atoms in total. The van der Waals surface area contributed by atoms with Gasteiger partial charge in [-0.3, -0.25) is 9.59 Å². The van der Waals surface area contributed by atoms with Crippen molar-refractivity contribution in [1.29, 1.82) is 0 Å². The summed E-state index contributed by atoms with van der Waals surface area (Å²) in [5.41, 5.74) is 2.60. The lowest BCUT2D eigenvalue weighted by Gasteiger charge is -2.14. The molecule has 0 bridgehead atoms. The van der Waals surface area contributed by atoms with Crippen molar-refractivity contribution in [2.75, 3.05) is 17.7 Å². The molecule has 0 fully saturated rings. The van der Waals surface area contributed by atoms with Crippen LogP contribution in [0.1, 0.15) is 29.3 Å². The lowest BCUT2D eigenvalue weighted by Crippen LogP contribution is -2.15. The predicted octanol–water partition coefficient (Wildman–Crippen LogP) is 3.60. The number of carbonyl (C=O) groups is 2. The maximum Gasteiger partial charge on any atom is 0.259 e. The summed E-state index contributed by atoms with van der Waals surface area (Å²) < 4.78 is 5.21. The van der Waals surface area contributed by atoms with Crippen LogP contribution in [0, 0.1) is 6.92 Å². The molecular weight excluding hydrogens is 292 g/mol. The van der Waals surface area contributed by atoms with Gasteiger partial charge < -0.3 is 15.4 Å². The normalized spacial score (nSPS) is 10.0. The summed E-state index contributed by atoms with van der Waals surface area (Å²) in [5, 5.41) is 5.68. The van der Waals surface area contributed by atoms with Gasteiger partial charge in [0.2, 0.25) is 5.91 Å². The van der Waals surface area contributed by atoms with Crippen molar-refractivity contribution in [2.45, 2.75) is 20.3 Å². The second-order valence-corrected chi connectivity index (χ2v) is 5.03. The van der Waals surface area contributed by atoms with Crippen LogP contribution < -0.4 is 15.4 Å². The van der Waals surface area contributed by atoms with Crippen LogP contribution >= 0.6 is 0 Å². The number of carbonyl (C=O) groups excluding carboxylic acids is 2. The Morgan fingerprint density at radius 3 is 2.30 bits per heavy atom. The number of benzene rings is 2. The minimum Gasteiger partial charge on any atom is -0.496 e. The fourth-order valence-electron chi connectivity index (χ4n) is 2.17. The third-order valence-corrected chi connectivity index (χ3v) is 3.53. The van der Waals surface area contributed by atoms with Gasteiger partial charge in [-0.1, -0.05) is 25.1 Å². The quantitative estimate of drug-likeness (QED) is 0.886. The summed E-state index contributed by atoms with van der Waals surface area (Å²) in [6.45, 7) is 3.64. The SMILES string of the molecule is CCC(=O)Nc1cccc(NC(=O)c2ccccc2OC)c1C. The third kappa shape index (κ3) is 3.88. The molecular formula is C18H20N2O3. The molecule has 0 unspecified atom stereocenters. The second kappa shape index (κ2) is 7.45. The zero-order valence-electron chi connectivity index (χ0n) is 13.5. The van der Waals surface area contributed by atoms with E-state index in [-0.39, 0.29) is 11.8 Å². The van der Waals surface area contributed by atoms with Gasteiger partial charge in [-0.25, -0.2) is 0 Å². The molecule has 0 aromatic heterocycles. The number of nitrogens with one attached hydrogen (secondary N) is 2. The molecule has 0 saturated heterocycles. The van der Waals surface area contributed by atoms with Gasteiger partial charge in [0.15, 0.2) is 0 Å². The van der Waals surface area contributed by atoms with Crippen molar-refractivity contribution < 1.29 is 14.3 Å². The monoisotopic (exact) mass is 312 g/mol. The van der Waals surface area contributed by atoms with E-state index in [1.54, 1.807) is 37.3 Å². The second-order valence-electron chi connectivity index (χ2n) is 5.03. The van der Waals surface area contributed by atoms with E-state index in [0.29, 0.717) is 29.1 Å². The van der Waals surface area contributed by atoms with Crippen LogP contribution in [0.5, 0.6) is 5.75 Å². The number of ether oxygens (including phenoxy) is 1. The smallest absolute Gasteiger partial charge is 0.259 e. The van der Waals surface area contributed by atoms with E-state index in [0.717, 1.165) is 5.56 Å². The molecule has 2 aromatic carbocycles. The zero-order valence-corrected chi connectivity index (χ0v) is 13.5. The number of hydrogen-bond donors (Lipinski definition) is 2. The minimum atomic E-state index is -0.260. The highest BCUT2D eigenvalue weighted by atomic mass is 16.5. The van der Waals surface area contributed by atoms with Gasteiger partial charge >= 0.3 is 0 Å². The van der Waals surface area contributed by atoms with Gasteiger partial charge in [-0.15, -0.1) is 0 Å². The van der Waals surface area contributed by atoms with E-state index < -0.39 is 0 Å². The van der Waals surface area contributed by atoms with Gasteiger partial charge in [-0.2, -0.15) is 0 Å². The summed E-state index contributed by atoms with van der Waals surface area (Å²) in [7, 11) is 1.53. The van der Waals surface area contributed by atoms with Crippen molar-refractivity contribution >= 4 is 23.2 Å². The molecule has 2 N–H and O–H groups in total. The molecule has 5 heteroatoms. The molecule has 0 radical (unpaired) electrons. The summed E-state index contributed by atoms with van der Waals surface area (Å²) in [4.78, 5) is 24.0. The average molecular weight is 312 g/mol. The van der Waals surface area contributed by atoms with Gasteiger partial charge in [0.05, 0.1) is 12.7 Å². The van der Waals surface area contributed by atoms with Crippen molar-refractivity contribution in [2.24, 2.45) is 0 Å². The number of rotatable bonds is 5. The number of amides is 2. The molecule has 23 heavy (non-hydrogen) atoms. The van der Waals surface area contributed by atoms with Crippen molar-refractivity contribution in [3.05, 3.63) is 53.6 Å². The summed E-state index contributed by atoms with van der Waals surface area (Å²) in [6, 6.07) is 12.4. The topological polar surface area (TPSA) is 67.4 Å². The van der Waals surface area contributed by atoms with Crippen LogP contribution in [0.15, 0.2) is 42.5 Å². The Morgan fingerprint density at radius 2 is 1.65 bits per heavy atom. The standard InChI is InChI=1S/C18H20N2O3/c1-4-17(21)19-14-9-7-10-15(12(14)2)20-18(22)13-8-5-6-11-16(13)23-3/h5-11H,4H2,1-3H3,(H,19,21)(H,20,22). The van der Waals surface area contributed by atoms with E-state index in [1.807, 2.05) is 19.1 Å². The van der Waals surface area contributed by atoms with Crippen molar-refractivity contribution in [3.8, 4) is 5.75 Å². The molecule has 0 atom stereocenters. The lowest BCUT2D eigenvalue weighted by molar-refractivity contribution is -0.115. The summed E-state index contributed by atoms with van der Waals surface area (Å²) in [6.07, 6.45) is 0.400. The summed E-state index contributed by atoms with van der Waals surface area (Å²) in [5.74, 6) is 0.184. The van der Waals surface area contributed by atoms with Gasteiger partial charge in [0.1, 0.15) is 5.75 Å². The predicted molar refractivity (Wildman–Crippen MR) is 91.0 cm³/mol. The highest BCUT2D eigenvalue weighted by Crippen LogP contribution is 2.25. The van der Waals surface area contributed by atoms with E-state index in [9.17, 15) is 9.59 Å². The first-order valence-electron chi connectivity index (χ1n) is 7.40. The fraction of sp³-hybridized carbons (Fsp3) is 0.222. The third-order valence-electron chi connectivity index (χ3n) is 3.53. The van der Waals surface area contributed by atoms with Crippen LogP contribution in [0.3, 0.4) is 0 Å². The molecule has 0 aliphatic rings. The number of para-hydroxylation sites is 1. The Morgan fingerprint density at radius 1 is 1.00 bits per heavy atom. The van der Waals surface area contributed by atoms with E-state index >= 15 is 0 Å². The van der Waals surface area contributed by atoms with Gasteiger partial charge in [-0.05, 0) is 36.8 Å². The molecule has 2 amide bonds. The van der Waals surface area contributed by atoms with Crippen molar-refractivity contribution in [3.63, 3.8) is 0 Å². The first-order chi connectivity index (χ1) is 11.1. The lowest BCUT2D eigenvalue weighted by atomic mass is 10.1. The van der Waals surface area contributed by atoms with Crippen LogP contribution in [0.2, 0.25) is 0 Å². The summed E-state index contributed by atoms with van der Waals surface area (Å²) >= 11 is 0. The Bertz CT molecular complexity index is 726. The average Bonchev–Trinajstić information content (AvgIpc) is 2.58. The largest absolute Gasteiger partial charge is 0.496 e. The first kappa shape index (κ1) is 16.5. The number of methoxy groups -OCH3 is 1. The molecule has 0 aliphatic carbocycles. The maximum atomic E-state index is 12.5. The Hall–Kier alpha value is -2.82. The highest BCUT2D eigenvalue weighted by molar-refractivity contribution is 6.07. The number of anilines is 2. The minimum absolute atomic E-state index is 0.0682. The Balaban J connectivity index is 2.24. The molecule has 2 rings (SSSR count). The Kier molecular flexibility index (Phi) is 5.36. The maximum absolute atomic E-state index is 12.5. The van der Waals surface area contributed by atoms with Gasteiger partial charge in [0.25, 0.3) is 5.91 Å². The fourth-order valence-corrected chi connectivity index (χ4v) is 2.17. The Labute approximate surface area is 135 Å². The molecule has 0 spiro atoms. The van der Waals surface area contributed by atoms with Crippen LogP contribution in [0.25, 0.3) is 0 Å². The van der Waals surface area contributed by atoms with E-state index in [2.05, 4.69) is 10.6 Å². The van der Waals surface area contributed by atoms with E-state index in [4.69, 9.17) is 4.74 Å².